The molecule has 0 saturated carbocycles. The minimum absolute atomic E-state index is 0.0492. The Bertz CT molecular complexity index is 1300. The molecule has 2 heterocycles. The lowest BCUT2D eigenvalue weighted by Crippen LogP contribution is -2.48. The molecule has 0 aliphatic carbocycles. The number of anilines is 1. The lowest BCUT2D eigenvalue weighted by atomic mass is 10.00. The summed E-state index contributed by atoms with van der Waals surface area (Å²) < 4.78 is 33.3. The van der Waals surface area contributed by atoms with Crippen LogP contribution in [-0.2, 0) is 24.1 Å². The summed E-state index contributed by atoms with van der Waals surface area (Å²) in [5, 5.41) is 17.3. The van der Waals surface area contributed by atoms with E-state index in [4.69, 9.17) is 4.74 Å². The first kappa shape index (κ1) is 30.6. The molecule has 41 heavy (non-hydrogen) atoms. The summed E-state index contributed by atoms with van der Waals surface area (Å²) in [7, 11) is 1.67. The van der Waals surface area contributed by atoms with Crippen molar-refractivity contribution in [1.29, 1.82) is 0 Å². The van der Waals surface area contributed by atoms with E-state index in [0.29, 0.717) is 35.8 Å². The van der Waals surface area contributed by atoms with Crippen molar-refractivity contribution in [2.75, 3.05) is 31.7 Å². The Hall–Kier alpha value is -3.40. The summed E-state index contributed by atoms with van der Waals surface area (Å²) >= 11 is 0. The Labute approximate surface area is 240 Å². The number of aliphatic hydroxyl groups excluding tert-OH is 1. The molecule has 1 saturated heterocycles. The molecule has 1 aromatic heterocycles. The monoisotopic (exact) mass is 566 g/mol. The predicted molar refractivity (Wildman–Crippen MR) is 156 cm³/mol. The Kier molecular flexibility index (Phi) is 10.8. The molecule has 3 aromatic rings. The van der Waals surface area contributed by atoms with Crippen molar-refractivity contribution in [2.45, 2.75) is 64.3 Å². The average molecular weight is 567 g/mol. The van der Waals surface area contributed by atoms with Crippen molar-refractivity contribution in [3.05, 3.63) is 94.2 Å². The Morgan fingerprint density at radius 1 is 1.12 bits per heavy atom. The van der Waals surface area contributed by atoms with Gasteiger partial charge in [-0.25, -0.2) is 13.8 Å². The zero-order chi connectivity index (χ0) is 29.4. The van der Waals surface area contributed by atoms with E-state index in [0.717, 1.165) is 37.4 Å². The second kappa shape index (κ2) is 14.5. The van der Waals surface area contributed by atoms with E-state index in [1.165, 1.54) is 17.7 Å². The highest BCUT2D eigenvalue weighted by Gasteiger charge is 2.28. The number of pyridine rings is 1. The number of carbonyl (C=O) groups excluding carboxylic acids is 1. The topological polar surface area (TPSA) is 86.7 Å². The van der Waals surface area contributed by atoms with Crippen LogP contribution in [-0.4, -0.2) is 61.0 Å². The number of methoxy groups -OCH3 is 1. The van der Waals surface area contributed by atoms with Gasteiger partial charge in [-0.05, 0) is 73.6 Å². The third-order valence-corrected chi connectivity index (χ3v) is 7.47. The van der Waals surface area contributed by atoms with Gasteiger partial charge < -0.3 is 25.4 Å². The molecule has 1 amide bonds. The van der Waals surface area contributed by atoms with Gasteiger partial charge >= 0.3 is 0 Å². The molecule has 0 bridgehead atoms. The smallest absolute Gasteiger partial charge is 0.251 e. The fourth-order valence-electron chi connectivity index (χ4n) is 5.42. The lowest BCUT2D eigenvalue weighted by Gasteiger charge is -2.27. The molecule has 9 heteroatoms. The molecule has 220 valence electrons. The molecule has 2 aromatic carbocycles. The number of aliphatic hydroxyl groups is 1. The van der Waals surface area contributed by atoms with Gasteiger partial charge in [-0.2, -0.15) is 0 Å². The van der Waals surface area contributed by atoms with E-state index in [9.17, 15) is 18.7 Å². The van der Waals surface area contributed by atoms with Crippen LogP contribution in [0.2, 0.25) is 0 Å². The fraction of sp³-hybridized carbons (Fsp3) is 0.438. The maximum atomic E-state index is 14.0. The molecule has 0 spiro atoms. The third-order valence-electron chi connectivity index (χ3n) is 7.47. The van der Waals surface area contributed by atoms with Gasteiger partial charge in [0.05, 0.1) is 24.8 Å². The number of halogens is 2. The van der Waals surface area contributed by atoms with Crippen LogP contribution in [0.15, 0.2) is 54.6 Å². The van der Waals surface area contributed by atoms with Crippen LogP contribution in [0.1, 0.15) is 52.5 Å². The molecule has 3 N–H and O–H groups in total. The Balaban J connectivity index is 1.50. The van der Waals surface area contributed by atoms with E-state index >= 15 is 0 Å². The highest BCUT2D eigenvalue weighted by atomic mass is 19.1. The van der Waals surface area contributed by atoms with Crippen molar-refractivity contribution >= 4 is 11.7 Å². The van der Waals surface area contributed by atoms with E-state index < -0.39 is 29.7 Å². The van der Waals surface area contributed by atoms with Crippen molar-refractivity contribution in [3.63, 3.8) is 0 Å². The predicted octanol–water partition coefficient (Wildman–Crippen LogP) is 4.34. The molecular weight excluding hydrogens is 526 g/mol. The minimum Gasteiger partial charge on any atom is -0.390 e. The molecular formula is C32H40F2N4O3. The van der Waals surface area contributed by atoms with Crippen LogP contribution in [0.25, 0.3) is 0 Å². The highest BCUT2D eigenvalue weighted by Crippen LogP contribution is 2.25. The first-order valence-corrected chi connectivity index (χ1v) is 14.2. The van der Waals surface area contributed by atoms with E-state index in [1.54, 1.807) is 19.2 Å². The van der Waals surface area contributed by atoms with Gasteiger partial charge in [-0.1, -0.05) is 31.2 Å². The van der Waals surface area contributed by atoms with Crippen LogP contribution in [0.3, 0.4) is 0 Å². The normalized spacial score (nSPS) is 16.5. The zero-order valence-electron chi connectivity index (χ0n) is 24.0. The molecule has 1 unspecified atom stereocenters. The lowest BCUT2D eigenvalue weighted by molar-refractivity contribution is 0.0829. The largest absolute Gasteiger partial charge is 0.390 e. The summed E-state index contributed by atoms with van der Waals surface area (Å²) in [4.78, 5) is 20.3. The number of ether oxygens (including phenoxy) is 1. The summed E-state index contributed by atoms with van der Waals surface area (Å²) in [5.74, 6) is -1.11. The number of benzene rings is 2. The zero-order valence-corrected chi connectivity index (χ0v) is 24.0. The SMILES string of the molecule is CCc1cccc(CNC[C@@H](O)[C@H](Cc2cc(F)cc(F)c2)NC(=O)c2cc(C)nc(N3CCCC3COC)c2)c1. The van der Waals surface area contributed by atoms with Crippen molar-refractivity contribution < 1.29 is 23.4 Å². The molecule has 1 aliphatic rings. The number of rotatable bonds is 13. The summed E-state index contributed by atoms with van der Waals surface area (Å²) in [5.41, 5.74) is 3.74. The van der Waals surface area contributed by atoms with Gasteiger partial charge in [0.25, 0.3) is 5.91 Å². The molecule has 1 aliphatic heterocycles. The quantitative estimate of drug-likeness (QED) is 0.286. The number of amides is 1. The van der Waals surface area contributed by atoms with Crippen molar-refractivity contribution in [3.8, 4) is 0 Å². The number of aromatic nitrogens is 1. The Morgan fingerprint density at radius 3 is 2.61 bits per heavy atom. The van der Waals surface area contributed by atoms with E-state index in [-0.39, 0.29) is 19.0 Å². The number of aryl methyl sites for hydroxylation is 2. The van der Waals surface area contributed by atoms with Crippen molar-refractivity contribution in [2.24, 2.45) is 0 Å². The van der Waals surface area contributed by atoms with Gasteiger partial charge in [0, 0.05) is 44.1 Å². The van der Waals surface area contributed by atoms with Crippen LogP contribution < -0.4 is 15.5 Å². The first-order valence-electron chi connectivity index (χ1n) is 14.2. The molecule has 7 nitrogen and oxygen atoms in total. The van der Waals surface area contributed by atoms with Gasteiger partial charge in [0.15, 0.2) is 0 Å². The van der Waals surface area contributed by atoms with E-state index in [2.05, 4.69) is 39.6 Å². The number of hydrogen-bond acceptors (Lipinski definition) is 6. The fourth-order valence-corrected chi connectivity index (χ4v) is 5.42. The van der Waals surface area contributed by atoms with Gasteiger partial charge in [-0.15, -0.1) is 0 Å². The number of nitrogens with one attached hydrogen (secondary N) is 2. The van der Waals surface area contributed by atoms with Gasteiger partial charge in [-0.3, -0.25) is 4.79 Å². The molecule has 0 radical (unpaired) electrons. The van der Waals surface area contributed by atoms with Crippen LogP contribution >= 0.6 is 0 Å². The Morgan fingerprint density at radius 2 is 1.88 bits per heavy atom. The minimum atomic E-state index is -1.02. The van der Waals surface area contributed by atoms with Gasteiger partial charge in [0.2, 0.25) is 0 Å². The number of nitrogens with zero attached hydrogens (tertiary/aromatic N) is 2. The maximum Gasteiger partial charge on any atom is 0.251 e. The summed E-state index contributed by atoms with van der Waals surface area (Å²) in [6.07, 6.45) is 1.95. The second-order valence-corrected chi connectivity index (χ2v) is 10.7. The van der Waals surface area contributed by atoms with Crippen LogP contribution in [0.5, 0.6) is 0 Å². The third kappa shape index (κ3) is 8.55. The van der Waals surface area contributed by atoms with E-state index in [1.807, 2.05) is 19.1 Å². The molecule has 3 atom stereocenters. The number of carbonyl (C=O) groups is 1. The average Bonchev–Trinajstić information content (AvgIpc) is 3.40. The molecule has 4 rings (SSSR count). The molecule has 1 fully saturated rings. The van der Waals surface area contributed by atoms with Gasteiger partial charge in [0.1, 0.15) is 17.5 Å². The maximum absolute atomic E-state index is 14.0. The summed E-state index contributed by atoms with van der Waals surface area (Å²) in [6.45, 7) is 6.03. The highest BCUT2D eigenvalue weighted by molar-refractivity contribution is 5.95. The van der Waals surface area contributed by atoms with Crippen molar-refractivity contribution in [1.82, 2.24) is 15.6 Å². The van der Waals surface area contributed by atoms with Crippen LogP contribution in [0.4, 0.5) is 14.6 Å². The number of hydrogen-bond donors (Lipinski definition) is 3. The first-order chi connectivity index (χ1) is 19.7. The second-order valence-electron chi connectivity index (χ2n) is 10.7. The standard InChI is InChI=1S/C32H40F2N4O3/c1-4-22-7-5-8-23(12-22)18-35-19-30(39)29(15-24-13-26(33)17-27(34)14-24)37-32(40)25-11-21(2)36-31(16-25)38-10-6-9-28(38)20-41-3/h5,7-8,11-14,16-17,28-30,35,39H,4,6,9-10,15,18-20H2,1-3H3,(H,37,40)/t28?,29-,30+/m0/s1. The summed E-state index contributed by atoms with van der Waals surface area (Å²) in [6, 6.07) is 14.3. The van der Waals surface area contributed by atoms with Crippen LogP contribution in [0, 0.1) is 18.6 Å².